The summed E-state index contributed by atoms with van der Waals surface area (Å²) in [7, 11) is 2.24. The molecule has 2 rings (SSSR count). The molecule has 3 heteroatoms. The second-order valence-corrected chi connectivity index (χ2v) is 5.29. The number of hydrogen-bond acceptors (Lipinski definition) is 3. The fraction of sp³-hybridized carbons (Fsp3) is 0.667. The van der Waals surface area contributed by atoms with Crippen molar-refractivity contribution < 1.29 is 0 Å². The molecule has 1 aromatic rings. The van der Waals surface area contributed by atoms with Gasteiger partial charge in [0.1, 0.15) is 5.82 Å². The molecule has 1 heterocycles. The molecule has 0 bridgehead atoms. The number of aromatic nitrogens is 1. The van der Waals surface area contributed by atoms with Crippen molar-refractivity contribution in [3.63, 3.8) is 0 Å². The fourth-order valence-corrected chi connectivity index (χ4v) is 2.71. The van der Waals surface area contributed by atoms with Gasteiger partial charge in [-0.25, -0.2) is 4.98 Å². The summed E-state index contributed by atoms with van der Waals surface area (Å²) in [6.45, 7) is 4.18. The van der Waals surface area contributed by atoms with E-state index in [4.69, 9.17) is 0 Å². The lowest BCUT2D eigenvalue weighted by Crippen LogP contribution is -2.29. The third-order valence-corrected chi connectivity index (χ3v) is 3.80. The first-order valence-electron chi connectivity index (χ1n) is 7.19. The van der Waals surface area contributed by atoms with Crippen LogP contribution in [0.2, 0.25) is 0 Å². The van der Waals surface area contributed by atoms with E-state index < -0.39 is 0 Å². The Hall–Kier alpha value is -1.09. The van der Waals surface area contributed by atoms with Crippen LogP contribution in [-0.2, 0) is 6.54 Å². The lowest BCUT2D eigenvalue weighted by molar-refractivity contribution is 0.237. The molecule has 0 radical (unpaired) electrons. The normalized spacial score (nSPS) is 16.4. The van der Waals surface area contributed by atoms with Gasteiger partial charge in [0.15, 0.2) is 0 Å². The highest BCUT2D eigenvalue weighted by Gasteiger charge is 2.20. The molecule has 0 aliphatic heterocycles. The van der Waals surface area contributed by atoms with Gasteiger partial charge < -0.3 is 5.32 Å². The molecule has 100 valence electrons. The average molecular weight is 247 g/mol. The third kappa shape index (κ3) is 3.45. The SMILES string of the molecule is CCCNc1ncccc1CN(C)C1CCCC1. The van der Waals surface area contributed by atoms with E-state index in [9.17, 15) is 0 Å². The summed E-state index contributed by atoms with van der Waals surface area (Å²) in [5, 5.41) is 3.42. The molecule has 1 aliphatic rings. The van der Waals surface area contributed by atoms with Gasteiger partial charge in [0.05, 0.1) is 0 Å². The maximum absolute atomic E-state index is 4.46. The summed E-state index contributed by atoms with van der Waals surface area (Å²) in [6, 6.07) is 5.00. The van der Waals surface area contributed by atoms with Crippen LogP contribution in [0.5, 0.6) is 0 Å². The van der Waals surface area contributed by atoms with Gasteiger partial charge in [-0.05, 0) is 32.4 Å². The Morgan fingerprint density at radius 3 is 2.89 bits per heavy atom. The first kappa shape index (κ1) is 13.3. The van der Waals surface area contributed by atoms with E-state index in [0.29, 0.717) is 0 Å². The van der Waals surface area contributed by atoms with Crippen molar-refractivity contribution in [2.75, 3.05) is 18.9 Å². The maximum Gasteiger partial charge on any atom is 0.130 e. The van der Waals surface area contributed by atoms with E-state index in [2.05, 4.69) is 35.2 Å². The fourth-order valence-electron chi connectivity index (χ4n) is 2.71. The Kier molecular flexibility index (Phi) is 5.00. The van der Waals surface area contributed by atoms with Crippen molar-refractivity contribution in [3.8, 4) is 0 Å². The van der Waals surface area contributed by atoms with E-state index in [0.717, 1.165) is 31.4 Å². The number of rotatable bonds is 6. The topological polar surface area (TPSA) is 28.2 Å². The van der Waals surface area contributed by atoms with Crippen LogP contribution in [0, 0.1) is 0 Å². The van der Waals surface area contributed by atoms with Crippen LogP contribution in [0.15, 0.2) is 18.3 Å². The van der Waals surface area contributed by atoms with E-state index >= 15 is 0 Å². The highest BCUT2D eigenvalue weighted by atomic mass is 15.1. The summed E-state index contributed by atoms with van der Waals surface area (Å²) in [6.07, 6.45) is 8.50. The summed E-state index contributed by atoms with van der Waals surface area (Å²) >= 11 is 0. The molecule has 1 aromatic heterocycles. The molecule has 0 saturated heterocycles. The molecule has 18 heavy (non-hydrogen) atoms. The maximum atomic E-state index is 4.46. The zero-order chi connectivity index (χ0) is 12.8. The van der Waals surface area contributed by atoms with E-state index in [1.54, 1.807) is 0 Å². The van der Waals surface area contributed by atoms with Crippen molar-refractivity contribution in [1.29, 1.82) is 0 Å². The van der Waals surface area contributed by atoms with Gasteiger partial charge in [0.2, 0.25) is 0 Å². The highest BCUT2D eigenvalue weighted by molar-refractivity contribution is 5.43. The first-order valence-corrected chi connectivity index (χ1v) is 7.19. The summed E-state index contributed by atoms with van der Waals surface area (Å²) in [4.78, 5) is 6.95. The molecule has 3 nitrogen and oxygen atoms in total. The van der Waals surface area contributed by atoms with Gasteiger partial charge in [-0.3, -0.25) is 4.90 Å². The van der Waals surface area contributed by atoms with Crippen LogP contribution in [0.1, 0.15) is 44.6 Å². The minimum atomic E-state index is 0.768. The molecule has 1 saturated carbocycles. The Morgan fingerprint density at radius 1 is 1.39 bits per heavy atom. The van der Waals surface area contributed by atoms with Crippen LogP contribution in [0.3, 0.4) is 0 Å². The highest BCUT2D eigenvalue weighted by Crippen LogP contribution is 2.24. The summed E-state index contributed by atoms with van der Waals surface area (Å²) < 4.78 is 0. The van der Waals surface area contributed by atoms with Crippen LogP contribution < -0.4 is 5.32 Å². The van der Waals surface area contributed by atoms with Crippen molar-refractivity contribution in [1.82, 2.24) is 9.88 Å². The Balaban J connectivity index is 1.98. The van der Waals surface area contributed by atoms with Gasteiger partial charge in [0.25, 0.3) is 0 Å². The predicted octanol–water partition coefficient (Wildman–Crippen LogP) is 3.28. The number of anilines is 1. The molecule has 1 N–H and O–H groups in total. The minimum Gasteiger partial charge on any atom is -0.370 e. The van der Waals surface area contributed by atoms with Crippen LogP contribution >= 0.6 is 0 Å². The first-order chi connectivity index (χ1) is 8.81. The van der Waals surface area contributed by atoms with E-state index in [1.807, 2.05) is 12.3 Å². The van der Waals surface area contributed by atoms with Crippen LogP contribution in [0.4, 0.5) is 5.82 Å². The van der Waals surface area contributed by atoms with Gasteiger partial charge in [-0.2, -0.15) is 0 Å². The Bertz CT molecular complexity index is 359. The number of pyridine rings is 1. The smallest absolute Gasteiger partial charge is 0.130 e. The molecule has 0 amide bonds. The zero-order valence-electron chi connectivity index (χ0n) is 11.7. The lowest BCUT2D eigenvalue weighted by Gasteiger charge is -2.24. The van der Waals surface area contributed by atoms with Gasteiger partial charge in [0, 0.05) is 30.9 Å². The molecule has 0 spiro atoms. The quantitative estimate of drug-likeness (QED) is 0.836. The predicted molar refractivity (Wildman–Crippen MR) is 76.7 cm³/mol. The van der Waals surface area contributed by atoms with Crippen molar-refractivity contribution >= 4 is 5.82 Å². The molecule has 0 unspecified atom stereocenters. The summed E-state index contributed by atoms with van der Waals surface area (Å²) in [5.41, 5.74) is 1.32. The third-order valence-electron chi connectivity index (χ3n) is 3.80. The molecular formula is C15H25N3. The van der Waals surface area contributed by atoms with Crippen LogP contribution in [0.25, 0.3) is 0 Å². The monoisotopic (exact) mass is 247 g/mol. The largest absolute Gasteiger partial charge is 0.370 e. The Morgan fingerprint density at radius 2 is 2.17 bits per heavy atom. The number of nitrogens with zero attached hydrogens (tertiary/aromatic N) is 2. The van der Waals surface area contributed by atoms with E-state index in [-0.39, 0.29) is 0 Å². The molecule has 1 fully saturated rings. The van der Waals surface area contributed by atoms with Gasteiger partial charge in [-0.1, -0.05) is 25.8 Å². The van der Waals surface area contributed by atoms with Crippen molar-refractivity contribution in [2.24, 2.45) is 0 Å². The molecule has 1 aliphatic carbocycles. The second-order valence-electron chi connectivity index (χ2n) is 5.29. The lowest BCUT2D eigenvalue weighted by atomic mass is 10.2. The zero-order valence-corrected chi connectivity index (χ0v) is 11.7. The van der Waals surface area contributed by atoms with Crippen molar-refractivity contribution in [3.05, 3.63) is 23.9 Å². The van der Waals surface area contributed by atoms with Crippen LogP contribution in [-0.4, -0.2) is 29.5 Å². The average Bonchev–Trinajstić information content (AvgIpc) is 2.91. The minimum absolute atomic E-state index is 0.768. The molecular weight excluding hydrogens is 222 g/mol. The second kappa shape index (κ2) is 6.74. The molecule has 0 aromatic carbocycles. The molecule has 0 atom stereocenters. The Labute approximate surface area is 111 Å². The van der Waals surface area contributed by atoms with E-state index in [1.165, 1.54) is 31.2 Å². The van der Waals surface area contributed by atoms with Crippen molar-refractivity contribution in [2.45, 2.75) is 51.6 Å². The number of nitrogens with one attached hydrogen (secondary N) is 1. The van der Waals surface area contributed by atoms with Gasteiger partial charge in [-0.15, -0.1) is 0 Å². The summed E-state index contributed by atoms with van der Waals surface area (Å²) in [5.74, 6) is 1.06. The van der Waals surface area contributed by atoms with Gasteiger partial charge >= 0.3 is 0 Å². The standard InChI is InChI=1S/C15H25N3/c1-3-10-16-15-13(7-6-11-17-15)12-18(2)14-8-4-5-9-14/h6-7,11,14H,3-5,8-10,12H2,1-2H3,(H,16,17). The number of hydrogen-bond donors (Lipinski definition) is 1.